The second-order valence-electron chi connectivity index (χ2n) is 17.0. The third-order valence-corrected chi connectivity index (χ3v) is 11.3. The van der Waals surface area contributed by atoms with Crippen LogP contribution in [0.5, 0.6) is 0 Å². The molecule has 0 saturated carbocycles. The van der Waals surface area contributed by atoms with E-state index in [1.165, 1.54) is 25.7 Å². The van der Waals surface area contributed by atoms with Crippen LogP contribution >= 0.6 is 0 Å². The fraction of sp³-hybridized carbons (Fsp3) is 0.725. The number of hydrogen-bond donors (Lipinski definition) is 7. The van der Waals surface area contributed by atoms with Crippen molar-refractivity contribution in [1.29, 1.82) is 0 Å². The van der Waals surface area contributed by atoms with Gasteiger partial charge in [-0.2, -0.15) is 0 Å². The van der Waals surface area contributed by atoms with Crippen molar-refractivity contribution in [3.63, 3.8) is 0 Å². The van der Waals surface area contributed by atoms with Gasteiger partial charge in [-0.3, -0.25) is 9.59 Å². The molecular weight excluding hydrogens is 853 g/mol. The highest BCUT2D eigenvalue weighted by Crippen LogP contribution is 2.26. The topological polar surface area (TPSA) is 231 Å². The van der Waals surface area contributed by atoms with E-state index in [1.54, 1.807) is 0 Å². The lowest BCUT2D eigenvalue weighted by atomic mass is 9.98. The summed E-state index contributed by atoms with van der Waals surface area (Å²) in [7, 11) is 0. The molecule has 66 heavy (non-hydrogen) atoms. The van der Waals surface area contributed by atoms with Crippen LogP contribution in [0.4, 0.5) is 0 Å². The van der Waals surface area contributed by atoms with Crippen LogP contribution in [0, 0.1) is 0 Å². The second kappa shape index (κ2) is 37.9. The Bertz CT molecular complexity index is 1430. The zero-order valence-corrected chi connectivity index (χ0v) is 39.6. The summed E-state index contributed by atoms with van der Waals surface area (Å²) in [4.78, 5) is 25.7. The van der Waals surface area contributed by atoms with Crippen molar-refractivity contribution < 1.29 is 73.8 Å². The van der Waals surface area contributed by atoms with Gasteiger partial charge in [-0.15, -0.1) is 0 Å². The van der Waals surface area contributed by atoms with Gasteiger partial charge >= 0.3 is 11.9 Å². The van der Waals surface area contributed by atoms with E-state index in [1.807, 2.05) is 36.5 Å². The normalized spacial score (nSPS) is 26.8. The van der Waals surface area contributed by atoms with Crippen molar-refractivity contribution in [3.8, 4) is 0 Å². The van der Waals surface area contributed by atoms with Gasteiger partial charge in [0.05, 0.1) is 19.8 Å². The summed E-state index contributed by atoms with van der Waals surface area (Å²) in [5, 5.41) is 72.0. The minimum Gasteiger partial charge on any atom is -0.462 e. The van der Waals surface area contributed by atoms with E-state index in [0.29, 0.717) is 12.8 Å². The Hall–Kier alpha value is -3.06. The number of aliphatic hydroxyl groups excluding tert-OH is 7. The highest BCUT2D eigenvalue weighted by molar-refractivity contribution is 5.70. The fourth-order valence-corrected chi connectivity index (χ4v) is 7.22. The summed E-state index contributed by atoms with van der Waals surface area (Å²) in [5.74, 6) is -0.978. The fourth-order valence-electron chi connectivity index (χ4n) is 7.22. The third kappa shape index (κ3) is 25.9. The molecule has 0 aliphatic carbocycles. The van der Waals surface area contributed by atoms with E-state index in [-0.39, 0.29) is 19.4 Å². The number of hydrogen-bond acceptors (Lipinski definition) is 15. The summed E-state index contributed by atoms with van der Waals surface area (Å²) in [6.07, 6.45) is 26.4. The first-order chi connectivity index (χ1) is 32.0. The molecule has 4 unspecified atom stereocenters. The Kier molecular flexibility index (Phi) is 33.9. The highest BCUT2D eigenvalue weighted by Gasteiger charge is 2.47. The number of unbranched alkanes of at least 4 members (excludes halogenated alkanes) is 14. The van der Waals surface area contributed by atoms with E-state index in [9.17, 15) is 45.3 Å². The van der Waals surface area contributed by atoms with Gasteiger partial charge in [0.1, 0.15) is 55.4 Å². The number of rotatable bonds is 36. The number of ether oxygens (including phenoxy) is 6. The van der Waals surface area contributed by atoms with Gasteiger partial charge in [-0.1, -0.05) is 145 Å². The van der Waals surface area contributed by atoms with E-state index in [4.69, 9.17) is 28.4 Å². The zero-order valence-electron chi connectivity index (χ0n) is 39.6. The van der Waals surface area contributed by atoms with Crippen molar-refractivity contribution in [1.82, 2.24) is 0 Å². The summed E-state index contributed by atoms with van der Waals surface area (Å²) in [6, 6.07) is 0. The molecule has 0 spiro atoms. The Morgan fingerprint density at radius 1 is 0.500 bits per heavy atom. The Balaban J connectivity index is 1.85. The SMILES string of the molecule is CC/C=C/C=C/C=C/C=C/CCCCCCCC(=O)O[C@H](COC(=O)CCCCCCC/C=C/C=C/CCCCCC)CO[C@@H]1O[C@H](CO[C@@H]2O[C@H](CO)[C@H](O)C(O)C2O)[C@H](O)C(O)C1O. The minimum absolute atomic E-state index is 0.131. The van der Waals surface area contributed by atoms with Crippen molar-refractivity contribution in [2.75, 3.05) is 26.4 Å². The summed E-state index contributed by atoms with van der Waals surface area (Å²) in [5.41, 5.74) is 0. The largest absolute Gasteiger partial charge is 0.462 e. The van der Waals surface area contributed by atoms with Crippen LogP contribution in [0.2, 0.25) is 0 Å². The molecule has 2 fully saturated rings. The molecule has 0 aromatic rings. The number of carbonyl (C=O) groups excluding carboxylic acids is 2. The smallest absolute Gasteiger partial charge is 0.306 e. The third-order valence-electron chi connectivity index (χ3n) is 11.3. The van der Waals surface area contributed by atoms with Gasteiger partial charge in [0.15, 0.2) is 18.7 Å². The average Bonchev–Trinajstić information content (AvgIpc) is 3.31. The lowest BCUT2D eigenvalue weighted by Crippen LogP contribution is -2.61. The Morgan fingerprint density at radius 2 is 0.955 bits per heavy atom. The second-order valence-corrected chi connectivity index (χ2v) is 17.0. The number of aliphatic hydroxyl groups is 7. The average molecular weight is 937 g/mol. The number of esters is 2. The van der Waals surface area contributed by atoms with Gasteiger partial charge < -0.3 is 64.2 Å². The van der Waals surface area contributed by atoms with Crippen LogP contribution < -0.4 is 0 Å². The number of allylic oxidation sites excluding steroid dienone is 12. The molecule has 2 aliphatic heterocycles. The Morgan fingerprint density at radius 3 is 1.52 bits per heavy atom. The maximum atomic E-state index is 13.0. The zero-order chi connectivity index (χ0) is 48.2. The molecule has 0 radical (unpaired) electrons. The van der Waals surface area contributed by atoms with E-state index < -0.39 is 99.3 Å². The summed E-state index contributed by atoms with van der Waals surface area (Å²) < 4.78 is 33.5. The Labute approximate surface area is 393 Å². The van der Waals surface area contributed by atoms with Crippen LogP contribution in [-0.2, 0) is 38.0 Å². The molecule has 15 nitrogen and oxygen atoms in total. The molecule has 15 heteroatoms. The maximum Gasteiger partial charge on any atom is 0.306 e. The van der Waals surface area contributed by atoms with Crippen LogP contribution in [0.3, 0.4) is 0 Å². The molecular formula is C51H84O15. The van der Waals surface area contributed by atoms with Crippen LogP contribution in [0.25, 0.3) is 0 Å². The highest BCUT2D eigenvalue weighted by atomic mass is 16.7. The van der Waals surface area contributed by atoms with Crippen molar-refractivity contribution in [2.45, 2.75) is 210 Å². The summed E-state index contributed by atoms with van der Waals surface area (Å²) >= 11 is 0. The van der Waals surface area contributed by atoms with Gasteiger partial charge in [-0.25, -0.2) is 0 Å². The maximum absolute atomic E-state index is 13.0. The summed E-state index contributed by atoms with van der Waals surface area (Å²) in [6.45, 7) is 2.36. The molecule has 2 aliphatic rings. The van der Waals surface area contributed by atoms with Crippen molar-refractivity contribution >= 4 is 11.9 Å². The molecule has 7 N–H and O–H groups in total. The van der Waals surface area contributed by atoms with Crippen LogP contribution in [-0.4, -0.2) is 142 Å². The van der Waals surface area contributed by atoms with E-state index >= 15 is 0 Å². The predicted octanol–water partition coefficient (Wildman–Crippen LogP) is 6.26. The van der Waals surface area contributed by atoms with Crippen LogP contribution in [0.1, 0.15) is 142 Å². The van der Waals surface area contributed by atoms with E-state index in [2.05, 4.69) is 50.3 Å². The molecule has 2 rings (SSSR count). The van der Waals surface area contributed by atoms with Gasteiger partial charge in [0, 0.05) is 12.8 Å². The lowest BCUT2D eigenvalue weighted by molar-refractivity contribution is -0.332. The van der Waals surface area contributed by atoms with Gasteiger partial charge in [-0.05, 0) is 57.8 Å². The van der Waals surface area contributed by atoms with Crippen molar-refractivity contribution in [2.24, 2.45) is 0 Å². The molecule has 0 amide bonds. The molecule has 378 valence electrons. The standard InChI is InChI=1S/C51H84O15/c1-3-5-7-9-11-13-15-17-19-21-23-25-27-29-31-33-42(53)61-36-39(64-43(54)34-32-30-28-26-24-22-20-18-16-14-12-10-8-6-4-2)37-62-50-49(60)47(58)45(56)41(66-50)38-63-51-48(59)46(57)44(55)40(35-52)65-51/h6,8,10,12-20,39-41,44-52,55-60H,3-5,7,9,11,21-38H2,1-2H3/b8-6+,12-10+,15-13+,16-14+,19-17+,20-18+/t39-,40-,41-,44+,45+,46?,47?,48?,49?,50-,51-/m1/s1. The molecule has 0 aromatic carbocycles. The molecule has 11 atom stereocenters. The van der Waals surface area contributed by atoms with Crippen LogP contribution in [0.15, 0.2) is 72.9 Å². The molecule has 2 saturated heterocycles. The first kappa shape index (κ1) is 59.1. The molecule has 2 heterocycles. The number of carbonyl (C=O) groups is 2. The first-order valence-corrected chi connectivity index (χ1v) is 24.6. The van der Waals surface area contributed by atoms with Gasteiger partial charge in [0.25, 0.3) is 0 Å². The lowest BCUT2D eigenvalue weighted by Gasteiger charge is -2.42. The van der Waals surface area contributed by atoms with Crippen molar-refractivity contribution in [3.05, 3.63) is 72.9 Å². The minimum atomic E-state index is -1.78. The van der Waals surface area contributed by atoms with E-state index in [0.717, 1.165) is 77.0 Å². The van der Waals surface area contributed by atoms with Gasteiger partial charge in [0.2, 0.25) is 0 Å². The predicted molar refractivity (Wildman–Crippen MR) is 252 cm³/mol. The molecule has 0 bridgehead atoms. The molecule has 0 aromatic heterocycles. The quantitative estimate of drug-likeness (QED) is 0.0209. The first-order valence-electron chi connectivity index (χ1n) is 24.6. The monoisotopic (exact) mass is 937 g/mol.